The molecule has 3 aromatic rings. The minimum absolute atomic E-state index is 0.00000196. The van der Waals surface area contributed by atoms with Crippen LogP contribution < -0.4 is 9.64 Å². The molecule has 1 amide bonds. The summed E-state index contributed by atoms with van der Waals surface area (Å²) in [7, 11) is 0. The van der Waals surface area contributed by atoms with Gasteiger partial charge in [0.15, 0.2) is 12.4 Å². The Hall–Kier alpha value is -3.97. The molecule has 1 atom stereocenters. The molecule has 0 bridgehead atoms. The Kier molecular flexibility index (Phi) is 7.27. The van der Waals surface area contributed by atoms with E-state index in [4.69, 9.17) is 21.1 Å². The maximum absolute atomic E-state index is 12.5. The summed E-state index contributed by atoms with van der Waals surface area (Å²) < 4.78 is 10.5. The molecule has 0 spiro atoms. The van der Waals surface area contributed by atoms with Crippen molar-refractivity contribution in [1.82, 2.24) is 0 Å². The van der Waals surface area contributed by atoms with Crippen LogP contribution in [0, 0.1) is 12.8 Å². The fourth-order valence-corrected chi connectivity index (χ4v) is 3.83. The molecule has 3 aromatic carbocycles. The van der Waals surface area contributed by atoms with E-state index in [2.05, 4.69) is 0 Å². The zero-order valence-electron chi connectivity index (χ0n) is 18.9. The molecule has 1 unspecified atom stereocenters. The van der Waals surface area contributed by atoms with Crippen LogP contribution >= 0.6 is 11.6 Å². The highest BCUT2D eigenvalue weighted by molar-refractivity contribution is 6.31. The van der Waals surface area contributed by atoms with Crippen molar-refractivity contribution >= 4 is 40.9 Å². The Bertz CT molecular complexity index is 1270. The number of anilines is 1. The van der Waals surface area contributed by atoms with Crippen molar-refractivity contribution in [3.05, 3.63) is 94.5 Å². The number of rotatable bonds is 7. The SMILES string of the molecule is Cc1ccc(N2CC(C(=O)OCC(=O)c3ccc(OC(=O)c4ccccc4)cc3)CC2=O)cc1Cl. The molecule has 8 heteroatoms. The van der Waals surface area contributed by atoms with Crippen LogP contribution in [-0.2, 0) is 14.3 Å². The van der Waals surface area contributed by atoms with Crippen molar-refractivity contribution in [1.29, 1.82) is 0 Å². The fourth-order valence-electron chi connectivity index (χ4n) is 3.65. The fraction of sp³-hybridized carbons (Fsp3) is 0.185. The summed E-state index contributed by atoms with van der Waals surface area (Å²) in [6.45, 7) is 1.57. The molecule has 1 aliphatic heterocycles. The second-order valence-electron chi connectivity index (χ2n) is 8.15. The van der Waals surface area contributed by atoms with Crippen molar-refractivity contribution < 1.29 is 28.7 Å². The van der Waals surface area contributed by atoms with Crippen LogP contribution in [0.4, 0.5) is 5.69 Å². The third-order valence-corrected chi connectivity index (χ3v) is 6.07. The predicted molar refractivity (Wildman–Crippen MR) is 130 cm³/mol. The highest BCUT2D eigenvalue weighted by Gasteiger charge is 2.36. The molecule has 0 aromatic heterocycles. The molecule has 178 valence electrons. The lowest BCUT2D eigenvalue weighted by atomic mass is 10.1. The lowest BCUT2D eigenvalue weighted by Crippen LogP contribution is -2.27. The van der Waals surface area contributed by atoms with Gasteiger partial charge < -0.3 is 14.4 Å². The van der Waals surface area contributed by atoms with E-state index in [1.165, 1.54) is 29.2 Å². The van der Waals surface area contributed by atoms with Crippen molar-refractivity contribution in [2.75, 3.05) is 18.1 Å². The van der Waals surface area contributed by atoms with Gasteiger partial charge in [-0.05, 0) is 61.0 Å². The lowest BCUT2D eigenvalue weighted by Gasteiger charge is -2.17. The first-order valence-corrected chi connectivity index (χ1v) is 11.3. The molecule has 1 aliphatic rings. The summed E-state index contributed by atoms with van der Waals surface area (Å²) in [5, 5.41) is 0.535. The molecular weight excluding hydrogens is 470 g/mol. The predicted octanol–water partition coefficient (Wildman–Crippen LogP) is 4.65. The molecule has 0 N–H and O–H groups in total. The van der Waals surface area contributed by atoms with Gasteiger partial charge in [-0.2, -0.15) is 0 Å². The highest BCUT2D eigenvalue weighted by atomic mass is 35.5. The van der Waals surface area contributed by atoms with Crippen LogP contribution in [-0.4, -0.2) is 36.8 Å². The first-order valence-electron chi connectivity index (χ1n) is 11.0. The Morgan fingerprint density at radius 1 is 0.971 bits per heavy atom. The van der Waals surface area contributed by atoms with E-state index in [9.17, 15) is 19.2 Å². The Labute approximate surface area is 207 Å². The van der Waals surface area contributed by atoms with Crippen molar-refractivity contribution in [2.45, 2.75) is 13.3 Å². The first kappa shape index (κ1) is 24.2. The number of carbonyl (C=O) groups is 4. The van der Waals surface area contributed by atoms with Gasteiger partial charge in [0.1, 0.15) is 5.75 Å². The normalized spacial score (nSPS) is 15.1. The van der Waals surface area contributed by atoms with Gasteiger partial charge in [0.2, 0.25) is 5.91 Å². The molecule has 4 rings (SSSR count). The molecule has 7 nitrogen and oxygen atoms in total. The average molecular weight is 492 g/mol. The number of amides is 1. The zero-order valence-corrected chi connectivity index (χ0v) is 19.7. The van der Waals surface area contributed by atoms with Gasteiger partial charge in [0, 0.05) is 29.2 Å². The summed E-state index contributed by atoms with van der Waals surface area (Å²) in [6.07, 6.45) is -0.00000196. The van der Waals surface area contributed by atoms with Crippen LogP contribution in [0.15, 0.2) is 72.8 Å². The summed E-state index contributed by atoms with van der Waals surface area (Å²) in [4.78, 5) is 51.0. The van der Waals surface area contributed by atoms with Gasteiger partial charge in [-0.25, -0.2) is 4.79 Å². The third kappa shape index (κ3) is 5.75. The summed E-state index contributed by atoms with van der Waals surface area (Å²) in [5.41, 5.74) is 2.22. The molecule has 1 saturated heterocycles. The van der Waals surface area contributed by atoms with E-state index in [-0.39, 0.29) is 24.6 Å². The highest BCUT2D eigenvalue weighted by Crippen LogP contribution is 2.29. The van der Waals surface area contributed by atoms with Crippen LogP contribution in [0.25, 0.3) is 0 Å². The number of ketones is 1. The second kappa shape index (κ2) is 10.5. The number of hydrogen-bond acceptors (Lipinski definition) is 6. The van der Waals surface area contributed by atoms with E-state index in [1.807, 2.05) is 13.0 Å². The number of hydrogen-bond donors (Lipinski definition) is 0. The Morgan fingerprint density at radius 3 is 2.37 bits per heavy atom. The summed E-state index contributed by atoms with van der Waals surface area (Å²) in [6, 6.07) is 19.8. The average Bonchev–Trinajstić information content (AvgIpc) is 3.26. The number of halogens is 1. The number of carbonyl (C=O) groups excluding carboxylic acids is 4. The lowest BCUT2D eigenvalue weighted by molar-refractivity contribution is -0.147. The van der Waals surface area contributed by atoms with Crippen molar-refractivity contribution in [3.8, 4) is 5.75 Å². The van der Waals surface area contributed by atoms with Gasteiger partial charge >= 0.3 is 11.9 Å². The number of nitrogens with zero attached hydrogens (tertiary/aromatic N) is 1. The Balaban J connectivity index is 1.29. The van der Waals surface area contributed by atoms with Crippen LogP contribution in [0.2, 0.25) is 5.02 Å². The smallest absolute Gasteiger partial charge is 0.343 e. The van der Waals surface area contributed by atoms with Crippen LogP contribution in [0.5, 0.6) is 5.75 Å². The van der Waals surface area contributed by atoms with Gasteiger partial charge in [0.25, 0.3) is 0 Å². The standard InChI is InChI=1S/C27H22ClNO6/c1-17-7-10-21(14-23(17)28)29-15-20(13-25(29)31)26(32)34-16-24(30)18-8-11-22(12-9-18)35-27(33)19-5-3-2-4-6-19/h2-12,14,20H,13,15-16H2,1H3. The Morgan fingerprint density at radius 2 is 1.69 bits per heavy atom. The quantitative estimate of drug-likeness (QED) is 0.271. The van der Waals surface area contributed by atoms with Crippen LogP contribution in [0.3, 0.4) is 0 Å². The van der Waals surface area contributed by atoms with Gasteiger partial charge in [0.05, 0.1) is 11.5 Å². The minimum atomic E-state index is -0.671. The topological polar surface area (TPSA) is 90.0 Å². The number of benzene rings is 3. The minimum Gasteiger partial charge on any atom is -0.457 e. The van der Waals surface area contributed by atoms with Gasteiger partial charge in [-0.1, -0.05) is 35.9 Å². The largest absolute Gasteiger partial charge is 0.457 e. The summed E-state index contributed by atoms with van der Waals surface area (Å²) in [5.74, 6) is -2.12. The number of ether oxygens (including phenoxy) is 2. The van der Waals surface area contributed by atoms with Gasteiger partial charge in [-0.15, -0.1) is 0 Å². The maximum Gasteiger partial charge on any atom is 0.343 e. The van der Waals surface area contributed by atoms with E-state index < -0.39 is 30.2 Å². The monoisotopic (exact) mass is 491 g/mol. The molecule has 0 aliphatic carbocycles. The maximum atomic E-state index is 12.5. The molecule has 0 saturated carbocycles. The third-order valence-electron chi connectivity index (χ3n) is 5.67. The number of Topliss-reactive ketones (excluding diaryl/α,β-unsaturated/α-hetero) is 1. The molecule has 35 heavy (non-hydrogen) atoms. The van der Waals surface area contributed by atoms with Crippen molar-refractivity contribution in [2.24, 2.45) is 5.92 Å². The summed E-state index contributed by atoms with van der Waals surface area (Å²) >= 11 is 6.15. The molecule has 0 radical (unpaired) electrons. The van der Waals surface area contributed by atoms with E-state index in [0.717, 1.165) is 5.56 Å². The number of esters is 2. The zero-order chi connectivity index (χ0) is 24.9. The van der Waals surface area contributed by atoms with Crippen molar-refractivity contribution in [3.63, 3.8) is 0 Å². The molecular formula is C27H22ClNO6. The second-order valence-corrected chi connectivity index (χ2v) is 8.56. The van der Waals surface area contributed by atoms with E-state index in [0.29, 0.717) is 21.8 Å². The van der Waals surface area contributed by atoms with E-state index in [1.54, 1.807) is 42.5 Å². The van der Waals surface area contributed by atoms with Crippen LogP contribution in [0.1, 0.15) is 32.7 Å². The molecule has 1 heterocycles. The van der Waals surface area contributed by atoms with Gasteiger partial charge in [-0.3, -0.25) is 14.4 Å². The number of aryl methyl sites for hydroxylation is 1. The van der Waals surface area contributed by atoms with E-state index >= 15 is 0 Å². The molecule has 1 fully saturated rings. The first-order chi connectivity index (χ1) is 16.8.